The first-order valence-corrected chi connectivity index (χ1v) is 10.8. The van der Waals surface area contributed by atoms with Crippen LogP contribution in [0.25, 0.3) is 0 Å². The molecule has 2 aliphatic heterocycles. The molecule has 0 N–H and O–H groups in total. The second-order valence-electron chi connectivity index (χ2n) is 9.06. The van der Waals surface area contributed by atoms with Crippen LogP contribution in [0.1, 0.15) is 53.5 Å². The fourth-order valence-electron chi connectivity index (χ4n) is 5.96. The van der Waals surface area contributed by atoms with Gasteiger partial charge in [0.2, 0.25) is 0 Å². The molecule has 0 bridgehead atoms. The standard InChI is InChI=1S/C23H29FN4O/c1-15-21(26(2)14-25-15)23(29)28-12-17-11-27(19-8-3-4-9-19)13-20(17)22(28)16-6-5-7-18(24)10-16/h5-7,10,14,17,19-20,22H,3-4,8-9,11-13H2,1-2H3/t17-,20-,22+/m0/s1. The molecule has 29 heavy (non-hydrogen) atoms. The van der Waals surface area contributed by atoms with Gasteiger partial charge in [0.25, 0.3) is 5.91 Å². The third kappa shape index (κ3) is 3.18. The maximum absolute atomic E-state index is 14.1. The highest BCUT2D eigenvalue weighted by molar-refractivity contribution is 5.94. The molecule has 1 amide bonds. The minimum Gasteiger partial charge on any atom is -0.330 e. The minimum absolute atomic E-state index is 0.0126. The Labute approximate surface area is 171 Å². The van der Waals surface area contributed by atoms with Crippen molar-refractivity contribution in [2.45, 2.75) is 44.7 Å². The Morgan fingerprint density at radius 2 is 1.97 bits per heavy atom. The number of fused-ring (bicyclic) bond motifs is 1. The molecule has 1 aromatic carbocycles. The number of likely N-dealkylation sites (tertiary alicyclic amines) is 2. The lowest BCUT2D eigenvalue weighted by Gasteiger charge is -2.32. The van der Waals surface area contributed by atoms with Crippen LogP contribution in [0.2, 0.25) is 0 Å². The van der Waals surface area contributed by atoms with Crippen LogP contribution in [0.5, 0.6) is 0 Å². The second-order valence-corrected chi connectivity index (χ2v) is 9.06. The van der Waals surface area contributed by atoms with Gasteiger partial charge in [0.1, 0.15) is 11.5 Å². The van der Waals surface area contributed by atoms with Crippen LogP contribution < -0.4 is 0 Å². The van der Waals surface area contributed by atoms with E-state index in [4.69, 9.17) is 0 Å². The minimum atomic E-state index is -0.235. The maximum atomic E-state index is 14.1. The molecule has 3 fully saturated rings. The van der Waals surface area contributed by atoms with Crippen LogP contribution in [0.3, 0.4) is 0 Å². The van der Waals surface area contributed by atoms with E-state index in [0.29, 0.717) is 23.6 Å². The summed E-state index contributed by atoms with van der Waals surface area (Å²) >= 11 is 0. The predicted octanol–water partition coefficient (Wildman–Crippen LogP) is 3.56. The van der Waals surface area contributed by atoms with Crippen LogP contribution in [0.4, 0.5) is 4.39 Å². The fourth-order valence-corrected chi connectivity index (χ4v) is 5.96. The molecule has 0 radical (unpaired) electrons. The van der Waals surface area contributed by atoms with Gasteiger partial charge in [0, 0.05) is 38.6 Å². The van der Waals surface area contributed by atoms with Crippen LogP contribution >= 0.6 is 0 Å². The average molecular weight is 397 g/mol. The Hall–Kier alpha value is -2.21. The molecule has 1 aliphatic carbocycles. The van der Waals surface area contributed by atoms with Crippen LogP contribution in [0, 0.1) is 24.6 Å². The average Bonchev–Trinajstić information content (AvgIpc) is 3.44. The van der Waals surface area contributed by atoms with Crippen molar-refractivity contribution in [3.8, 4) is 0 Å². The van der Waals surface area contributed by atoms with Gasteiger partial charge < -0.3 is 9.47 Å². The summed E-state index contributed by atoms with van der Waals surface area (Å²) in [7, 11) is 1.86. The first-order chi connectivity index (χ1) is 14.0. The number of benzene rings is 1. The van der Waals surface area contributed by atoms with Crippen molar-refractivity contribution in [2.75, 3.05) is 19.6 Å². The molecule has 3 aliphatic rings. The Balaban J connectivity index is 1.48. The lowest BCUT2D eigenvalue weighted by atomic mass is 9.89. The van der Waals surface area contributed by atoms with Crippen LogP contribution in [0.15, 0.2) is 30.6 Å². The van der Waals surface area contributed by atoms with Crippen molar-refractivity contribution >= 4 is 5.91 Å². The van der Waals surface area contributed by atoms with E-state index >= 15 is 0 Å². The number of halogens is 1. The molecule has 3 heterocycles. The molecule has 1 aromatic heterocycles. The molecule has 3 atom stereocenters. The zero-order chi connectivity index (χ0) is 20.1. The van der Waals surface area contributed by atoms with E-state index in [-0.39, 0.29) is 17.8 Å². The number of imidazole rings is 1. The van der Waals surface area contributed by atoms with Gasteiger partial charge in [-0.15, -0.1) is 0 Å². The summed E-state index contributed by atoms with van der Waals surface area (Å²) in [6.45, 7) is 4.67. The number of amides is 1. The van der Waals surface area contributed by atoms with Gasteiger partial charge in [0.05, 0.1) is 18.1 Å². The number of carbonyl (C=O) groups excluding carboxylic acids is 1. The van der Waals surface area contributed by atoms with Crippen LogP contribution in [-0.4, -0.2) is 50.9 Å². The van der Waals surface area contributed by atoms with E-state index in [2.05, 4.69) is 9.88 Å². The SMILES string of the molecule is Cc1ncn(C)c1C(=O)N1C[C@@H]2CN(C3CCCC3)C[C@@H]2[C@H]1c1cccc(F)c1. The maximum Gasteiger partial charge on any atom is 0.272 e. The highest BCUT2D eigenvalue weighted by atomic mass is 19.1. The molecule has 0 unspecified atom stereocenters. The molecule has 0 spiro atoms. The summed E-state index contributed by atoms with van der Waals surface area (Å²) in [5.41, 5.74) is 2.30. The van der Waals surface area contributed by atoms with E-state index in [9.17, 15) is 9.18 Å². The molecular formula is C23H29FN4O. The lowest BCUT2D eigenvalue weighted by Crippen LogP contribution is -2.39. The fraction of sp³-hybridized carbons (Fsp3) is 0.565. The van der Waals surface area contributed by atoms with Crippen molar-refractivity contribution in [3.05, 3.63) is 53.4 Å². The molecule has 154 valence electrons. The van der Waals surface area contributed by atoms with E-state index < -0.39 is 0 Å². The van der Waals surface area contributed by atoms with Crippen molar-refractivity contribution in [2.24, 2.45) is 18.9 Å². The summed E-state index contributed by atoms with van der Waals surface area (Å²) in [6.07, 6.45) is 6.93. The quantitative estimate of drug-likeness (QED) is 0.797. The summed E-state index contributed by atoms with van der Waals surface area (Å²) in [4.78, 5) is 22.5. The van der Waals surface area contributed by atoms with Gasteiger partial charge >= 0.3 is 0 Å². The first kappa shape index (κ1) is 18.8. The molecule has 6 heteroatoms. The van der Waals surface area contributed by atoms with Gasteiger partial charge in [-0.1, -0.05) is 25.0 Å². The highest BCUT2D eigenvalue weighted by Crippen LogP contribution is 2.47. The molecule has 5 rings (SSSR count). The van der Waals surface area contributed by atoms with E-state index in [1.807, 2.05) is 24.9 Å². The second kappa shape index (κ2) is 7.24. The van der Waals surface area contributed by atoms with E-state index in [1.54, 1.807) is 23.0 Å². The van der Waals surface area contributed by atoms with Crippen LogP contribution in [-0.2, 0) is 7.05 Å². The summed E-state index contributed by atoms with van der Waals surface area (Å²) in [5.74, 6) is 0.579. The molecule has 2 aromatic rings. The summed E-state index contributed by atoms with van der Waals surface area (Å²) in [5, 5.41) is 0. The van der Waals surface area contributed by atoms with Gasteiger partial charge in [-0.25, -0.2) is 9.37 Å². The number of carbonyl (C=O) groups is 1. The first-order valence-electron chi connectivity index (χ1n) is 10.8. The normalized spacial score (nSPS) is 27.7. The molecular weight excluding hydrogens is 367 g/mol. The summed E-state index contributed by atoms with van der Waals surface area (Å²) in [6, 6.07) is 7.44. The van der Waals surface area contributed by atoms with Crippen molar-refractivity contribution in [3.63, 3.8) is 0 Å². The summed E-state index contributed by atoms with van der Waals surface area (Å²) < 4.78 is 15.9. The topological polar surface area (TPSA) is 41.4 Å². The third-order valence-electron chi connectivity index (χ3n) is 7.31. The van der Waals surface area contributed by atoms with Crippen molar-refractivity contribution in [1.29, 1.82) is 0 Å². The van der Waals surface area contributed by atoms with Crippen molar-refractivity contribution in [1.82, 2.24) is 19.4 Å². The van der Waals surface area contributed by atoms with Gasteiger partial charge in [-0.05, 0) is 43.4 Å². The lowest BCUT2D eigenvalue weighted by molar-refractivity contribution is 0.0682. The van der Waals surface area contributed by atoms with Gasteiger partial charge in [-0.3, -0.25) is 9.69 Å². The monoisotopic (exact) mass is 396 g/mol. The molecule has 2 saturated heterocycles. The number of rotatable bonds is 3. The third-order valence-corrected chi connectivity index (χ3v) is 7.31. The zero-order valence-electron chi connectivity index (χ0n) is 17.2. The highest BCUT2D eigenvalue weighted by Gasteiger charge is 2.50. The Bertz CT molecular complexity index is 900. The Kier molecular flexibility index (Phi) is 4.69. The largest absolute Gasteiger partial charge is 0.330 e. The smallest absolute Gasteiger partial charge is 0.272 e. The zero-order valence-corrected chi connectivity index (χ0v) is 17.2. The predicted molar refractivity (Wildman–Crippen MR) is 109 cm³/mol. The number of hydrogen-bond acceptors (Lipinski definition) is 3. The number of aryl methyl sites for hydroxylation is 2. The van der Waals surface area contributed by atoms with Gasteiger partial charge in [-0.2, -0.15) is 0 Å². The van der Waals surface area contributed by atoms with Gasteiger partial charge in [0.15, 0.2) is 0 Å². The van der Waals surface area contributed by atoms with E-state index in [1.165, 1.54) is 31.7 Å². The number of hydrogen-bond donors (Lipinski definition) is 0. The Morgan fingerprint density at radius 3 is 2.66 bits per heavy atom. The molecule has 5 nitrogen and oxygen atoms in total. The molecule has 1 saturated carbocycles. The van der Waals surface area contributed by atoms with Crippen molar-refractivity contribution < 1.29 is 9.18 Å². The van der Waals surface area contributed by atoms with E-state index in [0.717, 1.165) is 30.9 Å². The number of aromatic nitrogens is 2. The Morgan fingerprint density at radius 1 is 1.17 bits per heavy atom. The number of nitrogens with zero attached hydrogens (tertiary/aromatic N) is 4.